The van der Waals surface area contributed by atoms with Gasteiger partial charge >= 0.3 is 5.97 Å². The van der Waals surface area contributed by atoms with E-state index in [1.165, 1.54) is 0 Å². The van der Waals surface area contributed by atoms with Crippen molar-refractivity contribution in [3.8, 4) is 11.5 Å². The lowest BCUT2D eigenvalue weighted by Crippen LogP contribution is -2.38. The van der Waals surface area contributed by atoms with Gasteiger partial charge in [0.05, 0.1) is 13.0 Å². The molecule has 0 bridgehead atoms. The number of likely N-dealkylation sites (tertiary alicyclic amines) is 1. The number of carboxylic acid groups (broad SMARTS) is 1. The molecule has 1 aromatic carbocycles. The Hall–Kier alpha value is -1.75. The first kappa shape index (κ1) is 16.6. The summed E-state index contributed by atoms with van der Waals surface area (Å²) in [6, 6.07) is 5.66. The predicted octanol–water partition coefficient (Wildman–Crippen LogP) is 2.43. The van der Waals surface area contributed by atoms with Crippen LogP contribution in [0.5, 0.6) is 11.5 Å². The second kappa shape index (κ2) is 7.49. The molecule has 2 unspecified atom stereocenters. The van der Waals surface area contributed by atoms with Crippen LogP contribution in [0, 0.1) is 5.92 Å². The van der Waals surface area contributed by atoms with Gasteiger partial charge in [-0.25, -0.2) is 0 Å². The number of ether oxygens (including phenoxy) is 2. The van der Waals surface area contributed by atoms with Crippen molar-refractivity contribution in [1.82, 2.24) is 4.90 Å². The first-order valence-electron chi connectivity index (χ1n) is 7.75. The van der Waals surface area contributed by atoms with E-state index in [1.807, 2.05) is 18.2 Å². The fourth-order valence-electron chi connectivity index (χ4n) is 2.82. The van der Waals surface area contributed by atoms with E-state index >= 15 is 0 Å². The molecule has 0 amide bonds. The number of carboxylic acids is 1. The number of piperidine rings is 1. The van der Waals surface area contributed by atoms with Crippen molar-refractivity contribution in [1.29, 1.82) is 0 Å². The number of rotatable bonds is 6. The van der Waals surface area contributed by atoms with Crippen molar-refractivity contribution in [2.75, 3.05) is 27.2 Å². The zero-order valence-corrected chi connectivity index (χ0v) is 13.5. The third-order valence-corrected chi connectivity index (χ3v) is 4.09. The second-order valence-electron chi connectivity index (χ2n) is 6.04. The molecule has 0 aliphatic carbocycles. The van der Waals surface area contributed by atoms with Crippen LogP contribution in [-0.2, 0) is 11.2 Å². The molecule has 0 radical (unpaired) electrons. The van der Waals surface area contributed by atoms with E-state index in [9.17, 15) is 4.79 Å². The lowest BCUT2D eigenvalue weighted by molar-refractivity contribution is -0.141. The number of benzene rings is 1. The summed E-state index contributed by atoms with van der Waals surface area (Å²) in [5.41, 5.74) is 0.891. The lowest BCUT2D eigenvalue weighted by atomic mass is 10.00. The minimum Gasteiger partial charge on any atom is -0.493 e. The summed E-state index contributed by atoms with van der Waals surface area (Å²) in [6.07, 6.45) is 2.67. The molecule has 2 rings (SSSR count). The summed E-state index contributed by atoms with van der Waals surface area (Å²) in [7, 11) is 3.70. The summed E-state index contributed by atoms with van der Waals surface area (Å²) >= 11 is 0. The van der Waals surface area contributed by atoms with Crippen LogP contribution in [0.15, 0.2) is 18.2 Å². The van der Waals surface area contributed by atoms with Gasteiger partial charge in [-0.1, -0.05) is 19.1 Å². The number of para-hydroxylation sites is 1. The van der Waals surface area contributed by atoms with Gasteiger partial charge in [0.2, 0.25) is 0 Å². The number of aliphatic carboxylic acids is 1. The Morgan fingerprint density at radius 3 is 2.91 bits per heavy atom. The smallest absolute Gasteiger partial charge is 0.306 e. The van der Waals surface area contributed by atoms with Crippen molar-refractivity contribution < 1.29 is 19.4 Å². The van der Waals surface area contributed by atoms with Crippen LogP contribution in [0.2, 0.25) is 0 Å². The van der Waals surface area contributed by atoms with E-state index in [0.29, 0.717) is 17.9 Å². The molecule has 5 heteroatoms. The molecule has 1 heterocycles. The van der Waals surface area contributed by atoms with Crippen molar-refractivity contribution in [2.24, 2.45) is 5.92 Å². The van der Waals surface area contributed by atoms with Gasteiger partial charge in [0.1, 0.15) is 6.10 Å². The number of methoxy groups -OCH3 is 1. The first-order chi connectivity index (χ1) is 10.5. The van der Waals surface area contributed by atoms with Gasteiger partial charge < -0.3 is 19.5 Å². The van der Waals surface area contributed by atoms with Crippen LogP contribution >= 0.6 is 0 Å². The van der Waals surface area contributed by atoms with Crippen molar-refractivity contribution >= 4 is 5.97 Å². The normalized spacial score (nSPS) is 20.4. The van der Waals surface area contributed by atoms with Gasteiger partial charge in [0.15, 0.2) is 11.5 Å². The average Bonchev–Trinajstić information content (AvgIpc) is 2.48. The minimum absolute atomic E-state index is 0.119. The van der Waals surface area contributed by atoms with E-state index < -0.39 is 11.9 Å². The van der Waals surface area contributed by atoms with Crippen LogP contribution in [0.4, 0.5) is 0 Å². The largest absolute Gasteiger partial charge is 0.493 e. The highest BCUT2D eigenvalue weighted by molar-refractivity contribution is 5.70. The molecule has 0 saturated carbocycles. The van der Waals surface area contributed by atoms with Gasteiger partial charge in [-0.3, -0.25) is 4.79 Å². The highest BCUT2D eigenvalue weighted by Gasteiger charge is 2.23. The summed E-state index contributed by atoms with van der Waals surface area (Å²) in [6.45, 7) is 3.68. The lowest BCUT2D eigenvalue weighted by Gasteiger charge is -2.31. The molecule has 1 fully saturated rings. The zero-order valence-electron chi connectivity index (χ0n) is 13.5. The molecule has 1 aromatic rings. The van der Waals surface area contributed by atoms with Crippen molar-refractivity contribution in [3.05, 3.63) is 23.8 Å². The Morgan fingerprint density at radius 2 is 2.27 bits per heavy atom. The van der Waals surface area contributed by atoms with Gasteiger partial charge in [-0.15, -0.1) is 0 Å². The molecular formula is C17H25NO4. The molecule has 2 atom stereocenters. The molecular weight excluding hydrogens is 282 g/mol. The van der Waals surface area contributed by atoms with E-state index in [1.54, 1.807) is 14.0 Å². The second-order valence-corrected chi connectivity index (χ2v) is 6.04. The monoisotopic (exact) mass is 307 g/mol. The quantitative estimate of drug-likeness (QED) is 0.874. The van der Waals surface area contributed by atoms with Crippen LogP contribution in [0.1, 0.15) is 25.3 Å². The van der Waals surface area contributed by atoms with E-state index in [4.69, 9.17) is 14.6 Å². The number of hydrogen-bond donors (Lipinski definition) is 1. The molecule has 0 spiro atoms. The van der Waals surface area contributed by atoms with Crippen LogP contribution in [-0.4, -0.2) is 49.3 Å². The topological polar surface area (TPSA) is 59.0 Å². The molecule has 1 aliphatic heterocycles. The zero-order chi connectivity index (χ0) is 16.1. The highest BCUT2D eigenvalue weighted by atomic mass is 16.5. The molecule has 1 N–H and O–H groups in total. The summed E-state index contributed by atoms with van der Waals surface area (Å²) in [5.74, 6) is 0.108. The summed E-state index contributed by atoms with van der Waals surface area (Å²) in [4.78, 5) is 13.4. The third-order valence-electron chi connectivity index (χ3n) is 4.09. The maximum atomic E-state index is 11.1. The fraction of sp³-hybridized carbons (Fsp3) is 0.588. The minimum atomic E-state index is -0.800. The Morgan fingerprint density at radius 1 is 1.50 bits per heavy atom. The summed E-state index contributed by atoms with van der Waals surface area (Å²) < 4.78 is 11.6. The van der Waals surface area contributed by atoms with E-state index in [2.05, 4.69) is 11.9 Å². The maximum Gasteiger partial charge on any atom is 0.306 e. The van der Waals surface area contributed by atoms with E-state index in [-0.39, 0.29) is 6.10 Å². The first-order valence-corrected chi connectivity index (χ1v) is 7.75. The number of nitrogens with zero attached hydrogens (tertiary/aromatic N) is 1. The van der Waals surface area contributed by atoms with Gasteiger partial charge in [-0.2, -0.15) is 0 Å². The Kier molecular flexibility index (Phi) is 5.66. The number of hydrogen-bond acceptors (Lipinski definition) is 4. The van der Waals surface area contributed by atoms with E-state index in [0.717, 1.165) is 31.5 Å². The third kappa shape index (κ3) is 4.13. The predicted molar refractivity (Wildman–Crippen MR) is 84.6 cm³/mol. The Balaban J connectivity index is 2.21. The SMILES string of the molecule is COc1cccc(CC(C)C(=O)O)c1OC1CCCN(C)C1. The maximum absolute atomic E-state index is 11.1. The molecule has 1 aliphatic rings. The van der Waals surface area contributed by atoms with Gasteiger partial charge in [0.25, 0.3) is 0 Å². The molecule has 5 nitrogen and oxygen atoms in total. The highest BCUT2D eigenvalue weighted by Crippen LogP contribution is 2.34. The Bertz CT molecular complexity index is 517. The van der Waals surface area contributed by atoms with Crippen molar-refractivity contribution in [3.63, 3.8) is 0 Å². The van der Waals surface area contributed by atoms with Crippen LogP contribution < -0.4 is 9.47 Å². The molecule has 0 aromatic heterocycles. The summed E-state index contributed by atoms with van der Waals surface area (Å²) in [5, 5.41) is 9.14. The Labute approximate surface area is 131 Å². The van der Waals surface area contributed by atoms with Crippen LogP contribution in [0.3, 0.4) is 0 Å². The van der Waals surface area contributed by atoms with Crippen LogP contribution in [0.25, 0.3) is 0 Å². The van der Waals surface area contributed by atoms with Gasteiger partial charge in [0, 0.05) is 6.54 Å². The average molecular weight is 307 g/mol. The number of carbonyl (C=O) groups is 1. The van der Waals surface area contributed by atoms with Gasteiger partial charge in [-0.05, 0) is 44.5 Å². The standard InChI is InChI=1S/C17H25NO4/c1-12(17(19)20)10-13-6-4-8-15(21-3)16(13)22-14-7-5-9-18(2)11-14/h4,6,8,12,14H,5,7,9-11H2,1-3H3,(H,19,20). The number of likely N-dealkylation sites (N-methyl/N-ethyl adjacent to an activating group) is 1. The molecule has 122 valence electrons. The molecule has 1 saturated heterocycles. The van der Waals surface area contributed by atoms with Crippen molar-refractivity contribution in [2.45, 2.75) is 32.3 Å². The molecule has 22 heavy (non-hydrogen) atoms. The fourth-order valence-corrected chi connectivity index (χ4v) is 2.82.